The average Bonchev–Trinajstić information content (AvgIpc) is 2.72. The van der Waals surface area contributed by atoms with E-state index >= 15 is 0 Å². The van der Waals surface area contributed by atoms with Crippen molar-refractivity contribution in [2.75, 3.05) is 13.7 Å². The van der Waals surface area contributed by atoms with Crippen LogP contribution >= 0.6 is 0 Å². The molecular weight excluding hydrogens is 379 g/mol. The molecule has 0 radical (unpaired) electrons. The maximum Gasteiger partial charge on any atom is 0.308 e. The fraction of sp³-hybridized carbons (Fsp3) is 0.286. The van der Waals surface area contributed by atoms with Gasteiger partial charge in [-0.2, -0.15) is 0 Å². The fourth-order valence-electron chi connectivity index (χ4n) is 2.45. The molecule has 0 unspecified atom stereocenters. The van der Waals surface area contributed by atoms with Gasteiger partial charge < -0.3 is 20.1 Å². The Morgan fingerprint density at radius 1 is 1.03 bits per heavy atom. The highest BCUT2D eigenvalue weighted by Crippen LogP contribution is 2.16. The third-order valence-corrected chi connectivity index (χ3v) is 4.02. The van der Waals surface area contributed by atoms with Crippen molar-refractivity contribution in [2.45, 2.75) is 26.0 Å². The lowest BCUT2D eigenvalue weighted by molar-refractivity contribution is -0.154. The Bertz CT molecular complexity index is 854. The molecule has 2 rings (SSSR count). The minimum Gasteiger partial charge on any atom is -0.496 e. The van der Waals surface area contributed by atoms with Gasteiger partial charge in [0.25, 0.3) is 11.8 Å². The van der Waals surface area contributed by atoms with E-state index in [0.717, 1.165) is 5.56 Å². The van der Waals surface area contributed by atoms with Gasteiger partial charge in [0.2, 0.25) is 0 Å². The predicted octanol–water partition coefficient (Wildman–Crippen LogP) is 2.20. The van der Waals surface area contributed by atoms with Crippen LogP contribution in [0.5, 0.6) is 5.75 Å². The number of amides is 2. The van der Waals surface area contributed by atoms with E-state index in [9.17, 15) is 18.8 Å². The Labute approximate surface area is 168 Å². The number of halogens is 1. The Hall–Kier alpha value is -3.42. The Morgan fingerprint density at radius 2 is 1.72 bits per heavy atom. The van der Waals surface area contributed by atoms with Crippen LogP contribution in [0, 0.1) is 5.82 Å². The average molecular weight is 402 g/mol. The quantitative estimate of drug-likeness (QED) is 0.627. The molecule has 8 heteroatoms. The fourth-order valence-corrected chi connectivity index (χ4v) is 2.45. The van der Waals surface area contributed by atoms with E-state index in [4.69, 9.17) is 9.47 Å². The van der Waals surface area contributed by atoms with Gasteiger partial charge in [-0.3, -0.25) is 14.4 Å². The number of ether oxygens (including phenoxy) is 2. The normalized spacial score (nSPS) is 11.3. The summed E-state index contributed by atoms with van der Waals surface area (Å²) < 4.78 is 23.0. The molecule has 0 aromatic heterocycles. The standard InChI is InChI=1S/C21H23FN2O5/c1-14(20(26)24-13-15-7-9-16(22)10-8-15)29-19(25)11-12-23-21(27)17-5-3-4-6-18(17)28-2/h3-10,14H,11-13H2,1-2H3,(H,23,27)(H,24,26)/t14-/m0/s1. The second-order valence-corrected chi connectivity index (χ2v) is 6.18. The van der Waals surface area contributed by atoms with E-state index in [0.29, 0.717) is 11.3 Å². The van der Waals surface area contributed by atoms with Gasteiger partial charge in [0.1, 0.15) is 11.6 Å². The van der Waals surface area contributed by atoms with Gasteiger partial charge in [0.05, 0.1) is 19.1 Å². The van der Waals surface area contributed by atoms with Crippen LogP contribution in [-0.4, -0.2) is 37.5 Å². The van der Waals surface area contributed by atoms with Crippen LogP contribution in [0.2, 0.25) is 0 Å². The van der Waals surface area contributed by atoms with Crippen LogP contribution in [0.4, 0.5) is 4.39 Å². The van der Waals surface area contributed by atoms with Gasteiger partial charge in [-0.25, -0.2) is 4.39 Å². The summed E-state index contributed by atoms with van der Waals surface area (Å²) >= 11 is 0. The molecule has 0 bridgehead atoms. The summed E-state index contributed by atoms with van der Waals surface area (Å²) in [6.07, 6.45) is -1.08. The molecule has 0 aliphatic carbocycles. The highest BCUT2D eigenvalue weighted by molar-refractivity contribution is 5.97. The minimum atomic E-state index is -0.993. The molecule has 7 nitrogen and oxygen atoms in total. The molecule has 29 heavy (non-hydrogen) atoms. The molecule has 0 heterocycles. The van der Waals surface area contributed by atoms with Gasteiger partial charge in [0.15, 0.2) is 6.10 Å². The van der Waals surface area contributed by atoms with Crippen molar-refractivity contribution < 1.29 is 28.2 Å². The maximum atomic E-state index is 12.9. The van der Waals surface area contributed by atoms with Crippen molar-refractivity contribution in [1.82, 2.24) is 10.6 Å². The molecule has 2 aromatic carbocycles. The third-order valence-electron chi connectivity index (χ3n) is 4.02. The Balaban J connectivity index is 1.71. The zero-order chi connectivity index (χ0) is 21.2. The van der Waals surface area contributed by atoms with Crippen molar-refractivity contribution in [3.63, 3.8) is 0 Å². The second-order valence-electron chi connectivity index (χ2n) is 6.18. The zero-order valence-electron chi connectivity index (χ0n) is 16.2. The van der Waals surface area contributed by atoms with Crippen LogP contribution in [0.3, 0.4) is 0 Å². The number of rotatable bonds is 9. The SMILES string of the molecule is COc1ccccc1C(=O)NCCC(=O)O[C@@H](C)C(=O)NCc1ccc(F)cc1. The highest BCUT2D eigenvalue weighted by Gasteiger charge is 2.18. The number of methoxy groups -OCH3 is 1. The van der Waals surface area contributed by atoms with Crippen molar-refractivity contribution in [3.8, 4) is 5.75 Å². The summed E-state index contributed by atoms with van der Waals surface area (Å²) in [6, 6.07) is 12.4. The summed E-state index contributed by atoms with van der Waals surface area (Å²) in [7, 11) is 1.46. The number of para-hydroxylation sites is 1. The number of carbonyl (C=O) groups is 3. The second kappa shape index (κ2) is 10.8. The summed E-state index contributed by atoms with van der Waals surface area (Å²) in [5.74, 6) is -1.39. The first-order valence-electron chi connectivity index (χ1n) is 9.03. The maximum absolute atomic E-state index is 12.9. The third kappa shape index (κ3) is 6.91. The van der Waals surface area contributed by atoms with E-state index < -0.39 is 18.0 Å². The summed E-state index contributed by atoms with van der Waals surface area (Å²) in [6.45, 7) is 1.70. The zero-order valence-corrected chi connectivity index (χ0v) is 16.2. The topological polar surface area (TPSA) is 93.7 Å². The van der Waals surface area contributed by atoms with Gasteiger partial charge in [-0.05, 0) is 36.8 Å². The minimum absolute atomic E-state index is 0.0552. The predicted molar refractivity (Wildman–Crippen MR) is 104 cm³/mol. The number of carbonyl (C=O) groups excluding carboxylic acids is 3. The van der Waals surface area contributed by atoms with Crippen LogP contribution in [0.15, 0.2) is 48.5 Å². The van der Waals surface area contributed by atoms with Gasteiger partial charge in [0, 0.05) is 13.1 Å². The van der Waals surface area contributed by atoms with E-state index in [1.54, 1.807) is 36.4 Å². The smallest absolute Gasteiger partial charge is 0.308 e. The van der Waals surface area contributed by atoms with E-state index in [-0.39, 0.29) is 31.2 Å². The van der Waals surface area contributed by atoms with Crippen LogP contribution in [0.1, 0.15) is 29.3 Å². The number of hydrogen-bond acceptors (Lipinski definition) is 5. The van der Waals surface area contributed by atoms with Crippen LogP contribution < -0.4 is 15.4 Å². The lowest BCUT2D eigenvalue weighted by atomic mass is 10.2. The van der Waals surface area contributed by atoms with E-state index in [1.165, 1.54) is 26.2 Å². The van der Waals surface area contributed by atoms with Gasteiger partial charge >= 0.3 is 5.97 Å². The molecular formula is C21H23FN2O5. The first kappa shape index (κ1) is 21.9. The molecule has 0 saturated carbocycles. The number of nitrogens with one attached hydrogen (secondary N) is 2. The highest BCUT2D eigenvalue weighted by atomic mass is 19.1. The van der Waals surface area contributed by atoms with Gasteiger partial charge in [-0.1, -0.05) is 24.3 Å². The largest absolute Gasteiger partial charge is 0.496 e. The van der Waals surface area contributed by atoms with Crippen molar-refractivity contribution in [2.24, 2.45) is 0 Å². The summed E-state index contributed by atoms with van der Waals surface area (Å²) in [4.78, 5) is 36.0. The van der Waals surface area contributed by atoms with Gasteiger partial charge in [-0.15, -0.1) is 0 Å². The summed E-state index contributed by atoms with van der Waals surface area (Å²) in [5, 5.41) is 5.22. The first-order chi connectivity index (χ1) is 13.9. The molecule has 1 atom stereocenters. The molecule has 2 aromatic rings. The van der Waals surface area contributed by atoms with E-state index in [1.807, 2.05) is 0 Å². The molecule has 0 spiro atoms. The van der Waals surface area contributed by atoms with Crippen LogP contribution in [-0.2, 0) is 20.9 Å². The number of hydrogen-bond donors (Lipinski definition) is 2. The lowest BCUT2D eigenvalue weighted by Crippen LogP contribution is -2.36. The molecule has 0 fully saturated rings. The molecule has 2 N–H and O–H groups in total. The molecule has 154 valence electrons. The van der Waals surface area contributed by atoms with Crippen molar-refractivity contribution in [3.05, 3.63) is 65.5 Å². The lowest BCUT2D eigenvalue weighted by Gasteiger charge is -2.14. The number of esters is 1. The summed E-state index contributed by atoms with van der Waals surface area (Å²) in [5.41, 5.74) is 1.08. The Morgan fingerprint density at radius 3 is 2.41 bits per heavy atom. The molecule has 2 amide bonds. The monoisotopic (exact) mass is 402 g/mol. The molecule has 0 aliphatic rings. The number of benzene rings is 2. The molecule has 0 aliphatic heterocycles. The van der Waals surface area contributed by atoms with E-state index in [2.05, 4.69) is 10.6 Å². The van der Waals surface area contributed by atoms with Crippen molar-refractivity contribution >= 4 is 17.8 Å². The first-order valence-corrected chi connectivity index (χ1v) is 9.03. The van der Waals surface area contributed by atoms with Crippen LogP contribution in [0.25, 0.3) is 0 Å². The van der Waals surface area contributed by atoms with Crippen molar-refractivity contribution in [1.29, 1.82) is 0 Å². The Kier molecular flexibility index (Phi) is 8.14. The molecule has 0 saturated heterocycles.